The maximum atomic E-state index is 13.6. The maximum absolute atomic E-state index is 13.6. The van der Waals surface area contributed by atoms with Gasteiger partial charge in [-0.1, -0.05) is 6.92 Å². The molecule has 112 valence electrons. The Kier molecular flexibility index (Phi) is 4.56. The highest BCUT2D eigenvalue weighted by Crippen LogP contribution is 2.25. The third-order valence-electron chi connectivity index (χ3n) is 2.53. The van der Waals surface area contributed by atoms with Crippen LogP contribution in [0.2, 0.25) is 0 Å². The summed E-state index contributed by atoms with van der Waals surface area (Å²) in [5.74, 6) is -4.62. The molecule has 0 aliphatic heterocycles. The molecule has 2 rings (SSSR count). The quantitative estimate of drug-likeness (QED) is 0.828. The standard InChI is InChI=1S/C13H12F4N4/c1-2-3-18-13-19-6-10(17)12(21-13)20-11-8(15)4-7(14)5-9(11)16/h4-6H,2-3H2,1H3,(H2,18,19,20,21). The van der Waals surface area contributed by atoms with Crippen molar-refractivity contribution in [2.24, 2.45) is 0 Å². The number of nitrogens with one attached hydrogen (secondary N) is 2. The maximum Gasteiger partial charge on any atom is 0.224 e. The molecule has 1 aromatic carbocycles. The highest BCUT2D eigenvalue weighted by atomic mass is 19.1. The molecular formula is C13H12F4N4. The van der Waals surface area contributed by atoms with Crippen molar-refractivity contribution in [1.82, 2.24) is 9.97 Å². The van der Waals surface area contributed by atoms with Gasteiger partial charge in [0.1, 0.15) is 11.5 Å². The Balaban J connectivity index is 2.31. The largest absolute Gasteiger partial charge is 0.354 e. The summed E-state index contributed by atoms with van der Waals surface area (Å²) in [5.41, 5.74) is -0.685. The number of aromatic nitrogens is 2. The fourth-order valence-electron chi connectivity index (χ4n) is 1.56. The molecule has 0 spiro atoms. The Hall–Kier alpha value is -2.38. The lowest BCUT2D eigenvalue weighted by molar-refractivity contribution is 0.548. The highest BCUT2D eigenvalue weighted by Gasteiger charge is 2.15. The zero-order valence-corrected chi connectivity index (χ0v) is 11.1. The molecule has 8 heteroatoms. The molecule has 0 bridgehead atoms. The monoisotopic (exact) mass is 300 g/mol. The lowest BCUT2D eigenvalue weighted by Gasteiger charge is -2.10. The summed E-state index contributed by atoms with van der Waals surface area (Å²) in [4.78, 5) is 7.47. The molecule has 2 aromatic rings. The molecule has 4 nitrogen and oxygen atoms in total. The SMILES string of the molecule is CCCNc1ncc(F)c(Nc2c(F)cc(F)cc2F)n1. The van der Waals surface area contributed by atoms with E-state index in [9.17, 15) is 17.6 Å². The van der Waals surface area contributed by atoms with Crippen LogP contribution in [0, 0.1) is 23.3 Å². The molecule has 0 amide bonds. The van der Waals surface area contributed by atoms with Crippen molar-refractivity contribution in [3.63, 3.8) is 0 Å². The molecule has 0 radical (unpaired) electrons. The predicted octanol–water partition coefficient (Wildman–Crippen LogP) is 3.60. The first-order chi connectivity index (χ1) is 10.0. The minimum Gasteiger partial charge on any atom is -0.354 e. The zero-order valence-electron chi connectivity index (χ0n) is 11.1. The van der Waals surface area contributed by atoms with Crippen molar-refractivity contribution in [3.8, 4) is 0 Å². The second kappa shape index (κ2) is 6.38. The fourth-order valence-corrected chi connectivity index (χ4v) is 1.56. The van der Waals surface area contributed by atoms with Gasteiger partial charge in [-0.2, -0.15) is 4.98 Å². The van der Waals surface area contributed by atoms with Gasteiger partial charge in [0.05, 0.1) is 6.20 Å². The van der Waals surface area contributed by atoms with Crippen LogP contribution in [0.3, 0.4) is 0 Å². The molecule has 0 aliphatic rings. The second-order valence-electron chi connectivity index (χ2n) is 4.19. The molecule has 1 heterocycles. The van der Waals surface area contributed by atoms with E-state index >= 15 is 0 Å². The van der Waals surface area contributed by atoms with E-state index in [2.05, 4.69) is 20.6 Å². The van der Waals surface area contributed by atoms with Gasteiger partial charge in [-0.25, -0.2) is 22.5 Å². The van der Waals surface area contributed by atoms with Gasteiger partial charge in [-0.15, -0.1) is 0 Å². The van der Waals surface area contributed by atoms with Crippen molar-refractivity contribution in [1.29, 1.82) is 0 Å². The van der Waals surface area contributed by atoms with E-state index in [-0.39, 0.29) is 5.95 Å². The molecule has 0 saturated heterocycles. The topological polar surface area (TPSA) is 49.8 Å². The average Bonchev–Trinajstić information content (AvgIpc) is 2.43. The molecule has 0 atom stereocenters. The van der Waals surface area contributed by atoms with E-state index in [0.717, 1.165) is 12.6 Å². The van der Waals surface area contributed by atoms with E-state index in [1.54, 1.807) is 0 Å². The first-order valence-corrected chi connectivity index (χ1v) is 6.19. The Morgan fingerprint density at radius 1 is 1.05 bits per heavy atom. The van der Waals surface area contributed by atoms with Crippen LogP contribution < -0.4 is 10.6 Å². The van der Waals surface area contributed by atoms with Crippen LogP contribution >= 0.6 is 0 Å². The Morgan fingerprint density at radius 3 is 2.33 bits per heavy atom. The summed E-state index contributed by atoms with van der Waals surface area (Å²) in [6.45, 7) is 2.48. The summed E-state index contributed by atoms with van der Waals surface area (Å²) < 4.78 is 53.4. The van der Waals surface area contributed by atoms with E-state index in [1.165, 1.54) is 0 Å². The van der Waals surface area contributed by atoms with Crippen LogP contribution in [-0.2, 0) is 0 Å². The van der Waals surface area contributed by atoms with Crippen molar-refractivity contribution in [2.45, 2.75) is 13.3 Å². The van der Waals surface area contributed by atoms with E-state index in [1.807, 2.05) is 6.92 Å². The van der Waals surface area contributed by atoms with Gasteiger partial charge in [0, 0.05) is 18.7 Å². The van der Waals surface area contributed by atoms with Gasteiger partial charge in [-0.3, -0.25) is 0 Å². The average molecular weight is 300 g/mol. The van der Waals surface area contributed by atoms with Gasteiger partial charge < -0.3 is 10.6 Å². The van der Waals surface area contributed by atoms with Crippen molar-refractivity contribution < 1.29 is 17.6 Å². The highest BCUT2D eigenvalue weighted by molar-refractivity contribution is 5.59. The molecule has 0 unspecified atom stereocenters. The minimum absolute atomic E-state index is 0.115. The summed E-state index contributed by atoms with van der Waals surface area (Å²) in [6, 6.07) is 0.974. The normalized spacial score (nSPS) is 10.5. The first-order valence-electron chi connectivity index (χ1n) is 6.19. The summed E-state index contributed by atoms with van der Waals surface area (Å²) >= 11 is 0. The Bertz CT molecular complexity index is 625. The Labute approximate surface area is 118 Å². The van der Waals surface area contributed by atoms with Crippen molar-refractivity contribution in [2.75, 3.05) is 17.2 Å². The molecule has 0 saturated carbocycles. The number of hydrogen-bond acceptors (Lipinski definition) is 4. The molecular weight excluding hydrogens is 288 g/mol. The van der Waals surface area contributed by atoms with Crippen molar-refractivity contribution >= 4 is 17.5 Å². The lowest BCUT2D eigenvalue weighted by Crippen LogP contribution is -2.08. The molecule has 1 aromatic heterocycles. The number of nitrogens with zero attached hydrogens (tertiary/aromatic N) is 2. The minimum atomic E-state index is -1.19. The lowest BCUT2D eigenvalue weighted by atomic mass is 10.2. The van der Waals surface area contributed by atoms with E-state index in [4.69, 9.17) is 0 Å². The van der Waals surface area contributed by atoms with Gasteiger partial charge in [-0.05, 0) is 6.42 Å². The number of hydrogen-bond donors (Lipinski definition) is 2. The summed E-state index contributed by atoms with van der Waals surface area (Å²) in [5, 5.41) is 4.98. The Morgan fingerprint density at radius 2 is 1.71 bits per heavy atom. The van der Waals surface area contributed by atoms with Crippen LogP contribution in [0.5, 0.6) is 0 Å². The van der Waals surface area contributed by atoms with Gasteiger partial charge in [0.2, 0.25) is 5.95 Å². The second-order valence-corrected chi connectivity index (χ2v) is 4.19. The van der Waals surface area contributed by atoms with Crippen LogP contribution in [0.25, 0.3) is 0 Å². The number of benzene rings is 1. The van der Waals surface area contributed by atoms with Crippen molar-refractivity contribution in [3.05, 3.63) is 41.6 Å². The van der Waals surface area contributed by atoms with Crippen LogP contribution in [0.4, 0.5) is 35.0 Å². The van der Waals surface area contributed by atoms with Crippen LogP contribution in [0.1, 0.15) is 13.3 Å². The number of rotatable bonds is 5. The number of anilines is 3. The smallest absolute Gasteiger partial charge is 0.224 e. The van der Waals surface area contributed by atoms with Crippen LogP contribution in [0.15, 0.2) is 18.3 Å². The third kappa shape index (κ3) is 3.59. The fraction of sp³-hybridized carbons (Fsp3) is 0.231. The molecule has 0 aliphatic carbocycles. The van der Waals surface area contributed by atoms with E-state index < -0.39 is 34.8 Å². The van der Waals surface area contributed by atoms with Gasteiger partial charge >= 0.3 is 0 Å². The summed E-state index contributed by atoms with van der Waals surface area (Å²) in [6.07, 6.45) is 1.66. The zero-order chi connectivity index (χ0) is 15.4. The number of halogens is 4. The van der Waals surface area contributed by atoms with Crippen LogP contribution in [-0.4, -0.2) is 16.5 Å². The first kappa shape index (κ1) is 15.0. The molecule has 2 N–H and O–H groups in total. The predicted molar refractivity (Wildman–Crippen MR) is 70.4 cm³/mol. The molecule has 0 fully saturated rings. The summed E-state index contributed by atoms with van der Waals surface area (Å²) in [7, 11) is 0. The van der Waals surface area contributed by atoms with E-state index in [0.29, 0.717) is 18.7 Å². The molecule has 21 heavy (non-hydrogen) atoms. The third-order valence-corrected chi connectivity index (χ3v) is 2.53. The van der Waals surface area contributed by atoms with Gasteiger partial charge in [0.25, 0.3) is 0 Å². The van der Waals surface area contributed by atoms with Gasteiger partial charge in [0.15, 0.2) is 23.3 Å².